The van der Waals surface area contributed by atoms with Gasteiger partial charge in [0.15, 0.2) is 5.16 Å². The second kappa shape index (κ2) is 5.56. The topological polar surface area (TPSA) is 54.7 Å². The molecule has 0 saturated carbocycles. The highest BCUT2D eigenvalue weighted by molar-refractivity contribution is 7.99. The fraction of sp³-hybridized carbons (Fsp3) is 0.462. The van der Waals surface area contributed by atoms with E-state index in [-0.39, 0.29) is 6.04 Å². The van der Waals surface area contributed by atoms with Crippen molar-refractivity contribution >= 4 is 22.8 Å². The second-order valence-corrected chi connectivity index (χ2v) is 5.43. The molecule has 2 rings (SSSR count). The fourth-order valence-corrected chi connectivity index (χ4v) is 2.66. The van der Waals surface area contributed by atoms with Crippen LogP contribution >= 0.6 is 11.8 Å². The largest absolute Gasteiger partial charge is 0.333 e. The number of hydrogen-bond donors (Lipinski definition) is 2. The molecule has 0 saturated heterocycles. The van der Waals surface area contributed by atoms with E-state index in [0.717, 1.165) is 28.4 Å². The third-order valence-electron chi connectivity index (χ3n) is 3.16. The molecule has 0 aliphatic carbocycles. The Morgan fingerprint density at radius 2 is 2.18 bits per heavy atom. The van der Waals surface area contributed by atoms with Crippen LogP contribution in [0.4, 0.5) is 0 Å². The Morgan fingerprint density at radius 3 is 2.88 bits per heavy atom. The number of aromatic amines is 1. The van der Waals surface area contributed by atoms with E-state index in [9.17, 15) is 0 Å². The van der Waals surface area contributed by atoms with Crippen molar-refractivity contribution in [3.05, 3.63) is 24.3 Å². The highest BCUT2D eigenvalue weighted by atomic mass is 32.2. The van der Waals surface area contributed by atoms with Gasteiger partial charge in [-0.05, 0) is 18.1 Å². The average Bonchev–Trinajstić information content (AvgIpc) is 2.77. The highest BCUT2D eigenvalue weighted by Crippen LogP contribution is 2.21. The van der Waals surface area contributed by atoms with Gasteiger partial charge in [0.1, 0.15) is 0 Å². The van der Waals surface area contributed by atoms with E-state index < -0.39 is 0 Å². The lowest BCUT2D eigenvalue weighted by molar-refractivity contribution is 0.475. The molecule has 2 atom stereocenters. The van der Waals surface area contributed by atoms with Crippen molar-refractivity contribution in [1.82, 2.24) is 9.97 Å². The number of H-pyrrole nitrogens is 1. The van der Waals surface area contributed by atoms with Crippen molar-refractivity contribution in [2.24, 2.45) is 11.7 Å². The monoisotopic (exact) mass is 249 g/mol. The minimum Gasteiger partial charge on any atom is -0.333 e. The Balaban J connectivity index is 1.99. The van der Waals surface area contributed by atoms with Crippen LogP contribution in [0.25, 0.3) is 11.0 Å². The maximum absolute atomic E-state index is 6.11. The molecule has 0 fully saturated rings. The lowest BCUT2D eigenvalue weighted by Crippen LogP contribution is -2.30. The molecule has 2 unspecified atom stereocenters. The van der Waals surface area contributed by atoms with Gasteiger partial charge in [0.2, 0.25) is 0 Å². The summed E-state index contributed by atoms with van der Waals surface area (Å²) in [4.78, 5) is 7.83. The normalized spacial score (nSPS) is 15.0. The number of imidazole rings is 1. The van der Waals surface area contributed by atoms with Crippen molar-refractivity contribution in [2.45, 2.75) is 31.5 Å². The number of aromatic nitrogens is 2. The number of nitrogens with one attached hydrogen (secondary N) is 1. The van der Waals surface area contributed by atoms with Crippen LogP contribution in [0.15, 0.2) is 29.4 Å². The molecule has 1 aromatic heterocycles. The van der Waals surface area contributed by atoms with Crippen molar-refractivity contribution in [2.75, 3.05) is 5.75 Å². The molecule has 0 radical (unpaired) electrons. The molecule has 3 nitrogen and oxygen atoms in total. The Morgan fingerprint density at radius 1 is 1.41 bits per heavy atom. The molecule has 4 heteroatoms. The van der Waals surface area contributed by atoms with E-state index in [0.29, 0.717) is 5.92 Å². The molecule has 92 valence electrons. The van der Waals surface area contributed by atoms with Crippen molar-refractivity contribution in [3.8, 4) is 0 Å². The lowest BCUT2D eigenvalue weighted by Gasteiger charge is -2.16. The van der Waals surface area contributed by atoms with Crippen molar-refractivity contribution < 1.29 is 0 Å². The van der Waals surface area contributed by atoms with Gasteiger partial charge in [0.25, 0.3) is 0 Å². The molecule has 1 heterocycles. The number of fused-ring (bicyclic) bond motifs is 1. The van der Waals surface area contributed by atoms with Crippen LogP contribution in [-0.4, -0.2) is 21.8 Å². The zero-order valence-electron chi connectivity index (χ0n) is 10.3. The Hall–Kier alpha value is -1.00. The molecule has 1 aromatic carbocycles. The molecule has 17 heavy (non-hydrogen) atoms. The molecular formula is C13H19N3S. The van der Waals surface area contributed by atoms with E-state index in [1.54, 1.807) is 11.8 Å². The number of hydrogen-bond acceptors (Lipinski definition) is 3. The smallest absolute Gasteiger partial charge is 0.166 e. The van der Waals surface area contributed by atoms with Gasteiger partial charge in [-0.25, -0.2) is 4.98 Å². The van der Waals surface area contributed by atoms with Crippen LogP contribution < -0.4 is 5.73 Å². The third kappa shape index (κ3) is 3.01. The number of benzene rings is 1. The first-order chi connectivity index (χ1) is 8.20. The summed E-state index contributed by atoms with van der Waals surface area (Å²) in [5, 5.41) is 0.963. The third-order valence-corrected chi connectivity index (χ3v) is 4.17. The maximum Gasteiger partial charge on any atom is 0.166 e. The van der Waals surface area contributed by atoms with Gasteiger partial charge in [-0.3, -0.25) is 0 Å². The predicted octanol–water partition coefficient (Wildman–Crippen LogP) is 3.03. The number of thioether (sulfide) groups is 1. The van der Waals surface area contributed by atoms with Crippen LogP contribution in [0.2, 0.25) is 0 Å². The first kappa shape index (κ1) is 12.5. The van der Waals surface area contributed by atoms with Crippen LogP contribution in [0.3, 0.4) is 0 Å². The zero-order chi connectivity index (χ0) is 12.3. The van der Waals surface area contributed by atoms with Crippen molar-refractivity contribution in [1.29, 1.82) is 0 Å². The fourth-order valence-electron chi connectivity index (χ4n) is 1.64. The zero-order valence-corrected chi connectivity index (χ0v) is 11.1. The summed E-state index contributed by atoms with van der Waals surface area (Å²) in [6.07, 6.45) is 1.13. The Bertz CT molecular complexity index is 447. The molecule has 0 aliphatic heterocycles. The van der Waals surface area contributed by atoms with Gasteiger partial charge >= 0.3 is 0 Å². The number of nitrogens with zero attached hydrogens (tertiary/aromatic N) is 1. The van der Waals surface area contributed by atoms with Gasteiger partial charge < -0.3 is 10.7 Å². The Labute approximate surface area is 106 Å². The number of rotatable bonds is 5. The molecule has 0 bridgehead atoms. The van der Waals surface area contributed by atoms with Crippen LogP contribution in [0, 0.1) is 5.92 Å². The molecule has 0 amide bonds. The highest BCUT2D eigenvalue weighted by Gasteiger charge is 2.12. The molecular weight excluding hydrogens is 230 g/mol. The SMILES string of the molecule is CCC(C)C(N)CSc1nc2ccccc2[nH]1. The van der Waals surface area contributed by atoms with E-state index in [2.05, 4.69) is 23.8 Å². The lowest BCUT2D eigenvalue weighted by atomic mass is 10.0. The van der Waals surface area contributed by atoms with Gasteiger partial charge in [0, 0.05) is 11.8 Å². The average molecular weight is 249 g/mol. The van der Waals surface area contributed by atoms with Gasteiger partial charge in [-0.15, -0.1) is 0 Å². The first-order valence-electron chi connectivity index (χ1n) is 6.03. The predicted molar refractivity (Wildman–Crippen MR) is 74.2 cm³/mol. The Kier molecular flexibility index (Phi) is 4.07. The number of para-hydroxylation sites is 2. The summed E-state index contributed by atoms with van der Waals surface area (Å²) >= 11 is 1.71. The summed E-state index contributed by atoms with van der Waals surface area (Å²) in [6.45, 7) is 4.38. The van der Waals surface area contributed by atoms with Gasteiger partial charge in [-0.2, -0.15) is 0 Å². The molecule has 2 aromatic rings. The minimum absolute atomic E-state index is 0.234. The maximum atomic E-state index is 6.11. The van der Waals surface area contributed by atoms with E-state index in [1.165, 1.54) is 0 Å². The molecule has 0 aliphatic rings. The van der Waals surface area contributed by atoms with Crippen LogP contribution in [0.5, 0.6) is 0 Å². The molecule has 0 spiro atoms. The minimum atomic E-state index is 0.234. The van der Waals surface area contributed by atoms with Crippen LogP contribution in [-0.2, 0) is 0 Å². The first-order valence-corrected chi connectivity index (χ1v) is 7.02. The molecule has 3 N–H and O–H groups in total. The van der Waals surface area contributed by atoms with E-state index >= 15 is 0 Å². The summed E-state index contributed by atoms with van der Waals surface area (Å²) in [6, 6.07) is 8.31. The van der Waals surface area contributed by atoms with Crippen LogP contribution in [0.1, 0.15) is 20.3 Å². The van der Waals surface area contributed by atoms with E-state index in [4.69, 9.17) is 5.73 Å². The summed E-state index contributed by atoms with van der Waals surface area (Å²) in [5.74, 6) is 1.47. The standard InChI is InChI=1S/C13H19N3S/c1-3-9(2)10(14)8-17-13-15-11-6-4-5-7-12(11)16-13/h4-7,9-10H,3,8,14H2,1-2H3,(H,15,16). The van der Waals surface area contributed by atoms with Gasteiger partial charge in [-0.1, -0.05) is 44.2 Å². The van der Waals surface area contributed by atoms with Crippen molar-refractivity contribution in [3.63, 3.8) is 0 Å². The van der Waals surface area contributed by atoms with Gasteiger partial charge in [0.05, 0.1) is 11.0 Å². The quantitative estimate of drug-likeness (QED) is 0.801. The van der Waals surface area contributed by atoms with E-state index in [1.807, 2.05) is 24.3 Å². The summed E-state index contributed by atoms with van der Waals surface area (Å²) < 4.78 is 0. The summed E-state index contributed by atoms with van der Waals surface area (Å²) in [7, 11) is 0. The number of nitrogens with two attached hydrogens (primary N) is 1. The summed E-state index contributed by atoms with van der Waals surface area (Å²) in [5.41, 5.74) is 8.22. The second-order valence-electron chi connectivity index (χ2n) is 4.42.